The van der Waals surface area contributed by atoms with Crippen LogP contribution in [-0.4, -0.2) is 47.2 Å². The maximum Gasteiger partial charge on any atom is 0.388 e. The highest BCUT2D eigenvalue weighted by Crippen LogP contribution is 2.21. The summed E-state index contributed by atoms with van der Waals surface area (Å²) in [7, 11) is -3.41. The summed E-state index contributed by atoms with van der Waals surface area (Å²) in [6, 6.07) is 13.5. The molecule has 2 aromatic heterocycles. The topological polar surface area (TPSA) is 81.5 Å². The quantitative estimate of drug-likeness (QED) is 0.501. The SMILES string of the molecule is O=C(Cc1ccc(-n2cccc2)cc1)N(Cc1ccnc(OC(F)F)c1)C1C=CS(=O)(=O)C1. The lowest BCUT2D eigenvalue weighted by atomic mass is 10.1. The van der Waals surface area contributed by atoms with Gasteiger partial charge in [-0.2, -0.15) is 8.78 Å². The van der Waals surface area contributed by atoms with Crippen LogP contribution >= 0.6 is 0 Å². The summed E-state index contributed by atoms with van der Waals surface area (Å²) in [5, 5.41) is 1.10. The van der Waals surface area contributed by atoms with E-state index in [9.17, 15) is 22.0 Å². The first-order valence-electron chi connectivity index (χ1n) is 10.1. The molecule has 0 aliphatic carbocycles. The smallest absolute Gasteiger partial charge is 0.388 e. The van der Waals surface area contributed by atoms with Crippen LogP contribution in [0, 0.1) is 0 Å². The van der Waals surface area contributed by atoms with E-state index >= 15 is 0 Å². The van der Waals surface area contributed by atoms with E-state index in [0.717, 1.165) is 16.7 Å². The van der Waals surface area contributed by atoms with Crippen molar-refractivity contribution in [1.29, 1.82) is 0 Å². The van der Waals surface area contributed by atoms with Gasteiger partial charge in [0.2, 0.25) is 11.8 Å². The van der Waals surface area contributed by atoms with Crippen molar-refractivity contribution in [2.24, 2.45) is 0 Å². The van der Waals surface area contributed by atoms with Crippen LogP contribution in [0.4, 0.5) is 8.78 Å². The van der Waals surface area contributed by atoms with E-state index in [0.29, 0.717) is 5.56 Å². The molecule has 10 heteroatoms. The maximum absolute atomic E-state index is 13.2. The first kappa shape index (κ1) is 22.7. The number of halogens is 2. The van der Waals surface area contributed by atoms with Gasteiger partial charge < -0.3 is 14.2 Å². The highest BCUT2D eigenvalue weighted by molar-refractivity contribution is 7.94. The van der Waals surface area contributed by atoms with Crippen LogP contribution in [0.5, 0.6) is 5.88 Å². The third-order valence-electron chi connectivity index (χ3n) is 5.19. The second-order valence-electron chi connectivity index (χ2n) is 7.56. The Bertz CT molecular complexity index is 1240. The lowest BCUT2D eigenvalue weighted by Crippen LogP contribution is -2.41. The first-order valence-corrected chi connectivity index (χ1v) is 11.8. The molecule has 1 atom stereocenters. The van der Waals surface area contributed by atoms with Crippen molar-refractivity contribution in [3.05, 3.63) is 89.7 Å². The van der Waals surface area contributed by atoms with Crippen molar-refractivity contribution in [1.82, 2.24) is 14.5 Å². The molecule has 7 nitrogen and oxygen atoms in total. The zero-order chi connectivity index (χ0) is 23.4. The van der Waals surface area contributed by atoms with Gasteiger partial charge in [-0.15, -0.1) is 0 Å². The normalized spacial score (nSPS) is 16.8. The lowest BCUT2D eigenvalue weighted by Gasteiger charge is -2.28. The van der Waals surface area contributed by atoms with Gasteiger partial charge in [0.1, 0.15) is 0 Å². The van der Waals surface area contributed by atoms with Crippen molar-refractivity contribution in [2.75, 3.05) is 5.75 Å². The third kappa shape index (κ3) is 5.83. The van der Waals surface area contributed by atoms with Gasteiger partial charge >= 0.3 is 6.61 Å². The van der Waals surface area contributed by atoms with E-state index in [1.807, 2.05) is 53.4 Å². The number of hydrogen-bond acceptors (Lipinski definition) is 5. The Labute approximate surface area is 189 Å². The number of benzene rings is 1. The number of pyridine rings is 1. The molecule has 0 bridgehead atoms. The molecule has 1 aliphatic heterocycles. The molecule has 1 amide bonds. The van der Waals surface area contributed by atoms with E-state index in [2.05, 4.69) is 9.72 Å². The van der Waals surface area contributed by atoms with Crippen molar-refractivity contribution in [2.45, 2.75) is 25.6 Å². The van der Waals surface area contributed by atoms with Gasteiger partial charge in [-0.1, -0.05) is 12.1 Å². The molecule has 0 fully saturated rings. The van der Waals surface area contributed by atoms with Crippen LogP contribution in [0.25, 0.3) is 5.69 Å². The number of hydrogen-bond donors (Lipinski definition) is 0. The van der Waals surface area contributed by atoms with Crippen LogP contribution < -0.4 is 4.74 Å². The summed E-state index contributed by atoms with van der Waals surface area (Å²) >= 11 is 0. The fourth-order valence-electron chi connectivity index (χ4n) is 3.61. The minimum atomic E-state index is -3.41. The highest BCUT2D eigenvalue weighted by Gasteiger charge is 2.30. The Balaban J connectivity index is 1.53. The Morgan fingerprint density at radius 1 is 1.15 bits per heavy atom. The number of rotatable bonds is 8. The fourth-order valence-corrected chi connectivity index (χ4v) is 4.91. The number of nitrogens with zero attached hydrogens (tertiary/aromatic N) is 3. The predicted octanol–water partition coefficient (Wildman–Crippen LogP) is 3.36. The number of sulfone groups is 1. The van der Waals surface area contributed by atoms with Crippen LogP contribution in [0.2, 0.25) is 0 Å². The molecule has 33 heavy (non-hydrogen) atoms. The summed E-state index contributed by atoms with van der Waals surface area (Å²) in [5.74, 6) is -0.787. The Morgan fingerprint density at radius 2 is 1.88 bits per heavy atom. The van der Waals surface area contributed by atoms with Gasteiger partial charge in [0.15, 0.2) is 9.84 Å². The second kappa shape index (κ2) is 9.53. The number of aromatic nitrogens is 2. The minimum absolute atomic E-state index is 0.0208. The van der Waals surface area contributed by atoms with E-state index < -0.39 is 22.5 Å². The van der Waals surface area contributed by atoms with Crippen LogP contribution in [0.15, 0.2) is 78.6 Å². The average molecular weight is 474 g/mol. The van der Waals surface area contributed by atoms with Gasteiger partial charge in [-0.25, -0.2) is 13.4 Å². The molecule has 1 aliphatic rings. The van der Waals surface area contributed by atoms with Crippen LogP contribution in [0.3, 0.4) is 0 Å². The zero-order valence-corrected chi connectivity index (χ0v) is 18.2. The summed E-state index contributed by atoms with van der Waals surface area (Å²) in [6.45, 7) is -3.00. The largest absolute Gasteiger partial charge is 0.417 e. The van der Waals surface area contributed by atoms with Crippen molar-refractivity contribution < 1.29 is 26.7 Å². The maximum atomic E-state index is 13.2. The van der Waals surface area contributed by atoms with Gasteiger partial charge in [0.05, 0.1) is 18.2 Å². The Hall–Kier alpha value is -3.53. The number of ether oxygens (including phenoxy) is 1. The van der Waals surface area contributed by atoms with Gasteiger partial charge in [-0.3, -0.25) is 4.79 Å². The summed E-state index contributed by atoms with van der Waals surface area (Å²) in [4.78, 5) is 18.4. The van der Waals surface area contributed by atoms with E-state index in [4.69, 9.17) is 0 Å². The van der Waals surface area contributed by atoms with E-state index in [1.165, 1.54) is 23.2 Å². The van der Waals surface area contributed by atoms with Crippen LogP contribution in [-0.2, 0) is 27.6 Å². The Kier molecular flexibility index (Phi) is 6.55. The minimum Gasteiger partial charge on any atom is -0.417 e. The summed E-state index contributed by atoms with van der Waals surface area (Å²) < 4.78 is 55.3. The molecule has 0 saturated heterocycles. The number of carbonyl (C=O) groups is 1. The molecule has 1 unspecified atom stereocenters. The molecule has 0 spiro atoms. The Morgan fingerprint density at radius 3 is 2.52 bits per heavy atom. The number of amides is 1. The molecule has 172 valence electrons. The van der Waals surface area contributed by atoms with Crippen LogP contribution in [0.1, 0.15) is 11.1 Å². The van der Waals surface area contributed by atoms with Gasteiger partial charge in [0.25, 0.3) is 0 Å². The molecular weight excluding hydrogens is 452 g/mol. The molecule has 0 N–H and O–H groups in total. The highest BCUT2D eigenvalue weighted by atomic mass is 32.2. The van der Waals surface area contributed by atoms with Crippen molar-refractivity contribution >= 4 is 15.7 Å². The zero-order valence-electron chi connectivity index (χ0n) is 17.4. The lowest BCUT2D eigenvalue weighted by molar-refractivity contribution is -0.132. The van der Waals surface area contributed by atoms with Gasteiger partial charge in [0, 0.05) is 42.3 Å². The molecule has 1 aromatic carbocycles. The first-order chi connectivity index (χ1) is 15.8. The fraction of sp³-hybridized carbons (Fsp3) is 0.217. The van der Waals surface area contributed by atoms with E-state index in [1.54, 1.807) is 6.07 Å². The number of alkyl halides is 2. The summed E-state index contributed by atoms with van der Waals surface area (Å²) in [6.07, 6.45) is 6.66. The standard InChI is InChI=1S/C23H21F2N3O4S/c24-23(25)32-21-13-18(7-9-26-21)15-28(20-8-12-33(30,31)16-20)22(29)14-17-3-5-19(6-4-17)27-10-1-2-11-27/h1-13,20,23H,14-16H2. The average Bonchev–Trinajstić information content (AvgIpc) is 3.42. The van der Waals surface area contributed by atoms with E-state index in [-0.39, 0.29) is 30.5 Å². The molecule has 3 aromatic rings. The molecule has 4 rings (SSSR count). The predicted molar refractivity (Wildman–Crippen MR) is 118 cm³/mol. The third-order valence-corrected chi connectivity index (χ3v) is 6.57. The second-order valence-corrected chi connectivity index (χ2v) is 9.49. The monoisotopic (exact) mass is 473 g/mol. The summed E-state index contributed by atoms with van der Waals surface area (Å²) in [5.41, 5.74) is 2.21. The van der Waals surface area contributed by atoms with Crippen molar-refractivity contribution in [3.8, 4) is 11.6 Å². The molecular formula is C23H21F2N3O4S. The number of carbonyl (C=O) groups excluding carboxylic acids is 1. The van der Waals surface area contributed by atoms with Crippen molar-refractivity contribution in [3.63, 3.8) is 0 Å². The molecule has 3 heterocycles. The molecule has 0 radical (unpaired) electrons. The van der Waals surface area contributed by atoms with Gasteiger partial charge in [-0.05, 0) is 47.5 Å². The molecule has 0 saturated carbocycles.